The summed E-state index contributed by atoms with van der Waals surface area (Å²) in [6.45, 7) is 7.57. The third-order valence-electron chi connectivity index (χ3n) is 3.47. The third-order valence-corrected chi connectivity index (χ3v) is 5.14. The fourth-order valence-corrected chi connectivity index (χ4v) is 2.86. The van der Waals surface area contributed by atoms with E-state index < -0.39 is 21.2 Å². The van der Waals surface area contributed by atoms with Crippen LogP contribution in [0.3, 0.4) is 0 Å². The molecule has 0 heterocycles. The number of sulfone groups is 1. The smallest absolute Gasteiger partial charge is 0.152 e. The molecule has 0 saturated heterocycles. The van der Waals surface area contributed by atoms with Gasteiger partial charge in [0, 0.05) is 12.7 Å². The maximum atomic E-state index is 11.4. The number of aliphatic hydroxyl groups excluding tert-OH is 1. The Bertz CT molecular complexity index is 509. The average Bonchev–Trinajstić information content (AvgIpc) is 2.20. The summed E-state index contributed by atoms with van der Waals surface area (Å²) in [4.78, 5) is 0. The minimum absolute atomic E-state index is 0.381. The van der Waals surface area contributed by atoms with Gasteiger partial charge in [-0.25, -0.2) is 8.42 Å². The Morgan fingerprint density at radius 3 is 2.00 bits per heavy atom. The van der Waals surface area contributed by atoms with Crippen molar-refractivity contribution >= 4 is 9.84 Å². The van der Waals surface area contributed by atoms with Gasteiger partial charge < -0.3 is 5.11 Å². The first-order valence-corrected chi connectivity index (χ1v) is 8.02. The van der Waals surface area contributed by atoms with E-state index in [1.54, 1.807) is 6.92 Å². The van der Waals surface area contributed by atoms with E-state index in [0.29, 0.717) is 6.42 Å². The van der Waals surface area contributed by atoms with Crippen LogP contribution in [0.2, 0.25) is 0 Å². The molecule has 3 nitrogen and oxygen atoms in total. The highest BCUT2D eigenvalue weighted by Crippen LogP contribution is 2.20. The molecule has 0 aliphatic rings. The molecule has 1 rings (SSSR count). The number of hydrogen-bond donors (Lipinski definition) is 1. The number of aryl methyl sites for hydroxylation is 3. The van der Waals surface area contributed by atoms with Crippen LogP contribution in [0.4, 0.5) is 0 Å². The lowest BCUT2D eigenvalue weighted by Crippen LogP contribution is -2.32. The zero-order chi connectivity index (χ0) is 14.1. The van der Waals surface area contributed by atoms with Crippen LogP contribution in [-0.2, 0) is 16.3 Å². The summed E-state index contributed by atoms with van der Waals surface area (Å²) in [6.07, 6.45) is 0.683. The van der Waals surface area contributed by atoms with Gasteiger partial charge >= 0.3 is 0 Å². The summed E-state index contributed by atoms with van der Waals surface area (Å²) in [5.74, 6) is 0. The quantitative estimate of drug-likeness (QED) is 0.910. The predicted molar refractivity (Wildman–Crippen MR) is 74.7 cm³/mol. The molecule has 102 valence electrons. The number of benzene rings is 1. The summed E-state index contributed by atoms with van der Waals surface area (Å²) in [7, 11) is -3.21. The van der Waals surface area contributed by atoms with Gasteiger partial charge in [0.15, 0.2) is 9.84 Å². The molecular formula is C14H22O3S. The van der Waals surface area contributed by atoms with Gasteiger partial charge in [-0.15, -0.1) is 0 Å². The lowest BCUT2D eigenvalue weighted by molar-refractivity contribution is 0.173. The Balaban J connectivity index is 2.99. The van der Waals surface area contributed by atoms with E-state index in [9.17, 15) is 13.5 Å². The highest BCUT2D eigenvalue weighted by molar-refractivity contribution is 7.91. The molecule has 1 aromatic rings. The van der Waals surface area contributed by atoms with E-state index in [1.807, 2.05) is 20.8 Å². The fraction of sp³-hybridized carbons (Fsp3) is 0.571. The van der Waals surface area contributed by atoms with Crippen molar-refractivity contribution in [2.24, 2.45) is 0 Å². The van der Waals surface area contributed by atoms with Crippen LogP contribution in [-0.4, -0.2) is 31.1 Å². The largest absolute Gasteiger partial charge is 0.391 e. The molecule has 2 atom stereocenters. The van der Waals surface area contributed by atoms with Crippen LogP contribution < -0.4 is 0 Å². The Labute approximate surface area is 110 Å². The van der Waals surface area contributed by atoms with E-state index in [2.05, 4.69) is 12.1 Å². The number of hydrogen-bond acceptors (Lipinski definition) is 3. The minimum Gasteiger partial charge on any atom is -0.391 e. The van der Waals surface area contributed by atoms with E-state index in [0.717, 1.165) is 22.9 Å². The number of rotatable bonds is 4. The van der Waals surface area contributed by atoms with Gasteiger partial charge in [-0.3, -0.25) is 0 Å². The summed E-state index contributed by atoms with van der Waals surface area (Å²) in [5, 5.41) is 9.31. The van der Waals surface area contributed by atoms with Crippen LogP contribution in [0, 0.1) is 20.8 Å². The summed E-state index contributed by atoms with van der Waals surface area (Å²) >= 11 is 0. The zero-order valence-electron chi connectivity index (χ0n) is 11.7. The topological polar surface area (TPSA) is 54.4 Å². The summed E-state index contributed by atoms with van der Waals surface area (Å²) in [5.41, 5.74) is 4.43. The molecule has 0 aromatic heterocycles. The molecule has 4 heteroatoms. The minimum atomic E-state index is -3.21. The summed E-state index contributed by atoms with van der Waals surface area (Å²) in [6, 6.07) is 4.11. The Kier molecular flexibility index (Phi) is 4.56. The molecule has 1 N–H and O–H groups in total. The Morgan fingerprint density at radius 2 is 1.61 bits per heavy atom. The third kappa shape index (κ3) is 3.56. The molecule has 0 bridgehead atoms. The van der Waals surface area contributed by atoms with Crippen molar-refractivity contribution in [2.45, 2.75) is 45.5 Å². The molecule has 0 fully saturated rings. The van der Waals surface area contributed by atoms with E-state index in [1.165, 1.54) is 5.56 Å². The van der Waals surface area contributed by atoms with E-state index in [4.69, 9.17) is 0 Å². The standard InChI is InChI=1S/C14H22O3S/c1-9-6-10(2)13(11(3)7-9)8-14(15)12(4)18(5,16)17/h6-7,12,14-15H,8H2,1-5H3. The monoisotopic (exact) mass is 270 g/mol. The molecule has 0 radical (unpaired) electrons. The molecule has 1 aromatic carbocycles. The highest BCUT2D eigenvalue weighted by Gasteiger charge is 2.25. The van der Waals surface area contributed by atoms with E-state index in [-0.39, 0.29) is 0 Å². The Morgan fingerprint density at radius 1 is 1.17 bits per heavy atom. The molecular weight excluding hydrogens is 248 g/mol. The molecule has 0 aliphatic heterocycles. The van der Waals surface area contributed by atoms with Crippen molar-refractivity contribution in [3.8, 4) is 0 Å². The SMILES string of the molecule is Cc1cc(C)c(CC(O)C(C)S(C)(=O)=O)c(C)c1. The second-order valence-electron chi connectivity index (χ2n) is 5.18. The van der Waals surface area contributed by atoms with Crippen LogP contribution in [0.15, 0.2) is 12.1 Å². The molecule has 0 aliphatic carbocycles. The van der Waals surface area contributed by atoms with Gasteiger partial charge in [-0.1, -0.05) is 17.7 Å². The van der Waals surface area contributed by atoms with Crippen molar-refractivity contribution in [3.63, 3.8) is 0 Å². The van der Waals surface area contributed by atoms with Crippen molar-refractivity contribution in [1.29, 1.82) is 0 Å². The second kappa shape index (κ2) is 5.41. The first kappa shape index (κ1) is 15.2. The fourth-order valence-electron chi connectivity index (χ4n) is 2.19. The van der Waals surface area contributed by atoms with Crippen LogP contribution >= 0.6 is 0 Å². The van der Waals surface area contributed by atoms with Gasteiger partial charge in [0.2, 0.25) is 0 Å². The molecule has 0 amide bonds. The normalized spacial score (nSPS) is 15.4. The maximum Gasteiger partial charge on any atom is 0.152 e. The lowest BCUT2D eigenvalue weighted by atomic mass is 9.94. The highest BCUT2D eigenvalue weighted by atomic mass is 32.2. The molecule has 2 unspecified atom stereocenters. The predicted octanol–water partition coefficient (Wildman–Crippen LogP) is 1.95. The van der Waals surface area contributed by atoms with Gasteiger partial charge in [0.05, 0.1) is 11.4 Å². The average molecular weight is 270 g/mol. The van der Waals surface area contributed by atoms with Gasteiger partial charge in [-0.2, -0.15) is 0 Å². The molecule has 18 heavy (non-hydrogen) atoms. The van der Waals surface area contributed by atoms with Crippen molar-refractivity contribution < 1.29 is 13.5 Å². The maximum absolute atomic E-state index is 11.4. The van der Waals surface area contributed by atoms with Crippen LogP contribution in [0.5, 0.6) is 0 Å². The Hall–Kier alpha value is -0.870. The van der Waals surface area contributed by atoms with Gasteiger partial charge in [0.1, 0.15) is 0 Å². The first-order chi connectivity index (χ1) is 8.12. The van der Waals surface area contributed by atoms with Crippen molar-refractivity contribution in [3.05, 3.63) is 34.4 Å². The van der Waals surface area contributed by atoms with Gasteiger partial charge in [0.25, 0.3) is 0 Å². The molecule has 0 saturated carbocycles. The first-order valence-electron chi connectivity index (χ1n) is 6.06. The van der Waals surface area contributed by atoms with Crippen LogP contribution in [0.1, 0.15) is 29.2 Å². The lowest BCUT2D eigenvalue weighted by Gasteiger charge is -2.20. The zero-order valence-corrected chi connectivity index (χ0v) is 12.5. The summed E-state index contributed by atoms with van der Waals surface area (Å²) < 4.78 is 22.9. The van der Waals surface area contributed by atoms with Crippen molar-refractivity contribution in [1.82, 2.24) is 0 Å². The van der Waals surface area contributed by atoms with Crippen LogP contribution in [0.25, 0.3) is 0 Å². The second-order valence-corrected chi connectivity index (χ2v) is 7.59. The van der Waals surface area contributed by atoms with E-state index >= 15 is 0 Å². The molecule has 0 spiro atoms. The van der Waals surface area contributed by atoms with Crippen molar-refractivity contribution in [2.75, 3.05) is 6.26 Å². The van der Waals surface area contributed by atoms with Gasteiger partial charge in [-0.05, 0) is 44.4 Å². The number of aliphatic hydroxyl groups is 1.